The zero-order valence-electron chi connectivity index (χ0n) is 15.1. The van der Waals surface area contributed by atoms with Crippen molar-refractivity contribution < 1.29 is 27.6 Å². The normalized spacial score (nSPS) is 19.4. The molecule has 0 saturated carbocycles. The minimum Gasteiger partial charge on any atom is -0.322 e. The zero-order chi connectivity index (χ0) is 21.3. The van der Waals surface area contributed by atoms with Crippen LogP contribution < -0.4 is 10.7 Å². The number of hydrogen-bond donors (Lipinski definition) is 2. The number of nitriles is 1. The second-order valence-corrected chi connectivity index (χ2v) is 7.14. The van der Waals surface area contributed by atoms with Gasteiger partial charge in [0.25, 0.3) is 5.91 Å². The Hall–Kier alpha value is -2.81. The molecule has 8 nitrogen and oxygen atoms in total. The van der Waals surface area contributed by atoms with Crippen LogP contribution in [0.2, 0.25) is 0 Å². The van der Waals surface area contributed by atoms with Crippen LogP contribution in [0.15, 0.2) is 11.1 Å². The molecule has 12 heteroatoms. The number of aromatic nitrogens is 1. The Kier molecular flexibility index (Phi) is 5.88. The van der Waals surface area contributed by atoms with E-state index in [1.54, 1.807) is 6.92 Å². The first-order valence-corrected chi connectivity index (χ1v) is 8.99. The Morgan fingerprint density at radius 1 is 1.46 bits per heavy atom. The monoisotopic (exact) mass is 415 g/mol. The number of rotatable bonds is 5. The molecule has 1 aromatic rings. The van der Waals surface area contributed by atoms with Crippen LogP contribution >= 0.6 is 11.8 Å². The number of hydrazine groups is 1. The van der Waals surface area contributed by atoms with E-state index in [-0.39, 0.29) is 10.7 Å². The van der Waals surface area contributed by atoms with Crippen molar-refractivity contribution in [1.82, 2.24) is 20.7 Å². The SMILES string of the molecule is CC[C@@]1(C)NC(=O)N(NC(=O)CSc2nc(C)cc(C(F)(F)F)c2C#N)C1=O. The Bertz CT molecular complexity index is 884. The molecule has 28 heavy (non-hydrogen) atoms. The van der Waals surface area contributed by atoms with Crippen molar-refractivity contribution in [2.24, 2.45) is 0 Å². The molecule has 1 aliphatic rings. The summed E-state index contributed by atoms with van der Waals surface area (Å²) >= 11 is 0.600. The van der Waals surface area contributed by atoms with Gasteiger partial charge in [0.2, 0.25) is 5.91 Å². The zero-order valence-corrected chi connectivity index (χ0v) is 15.9. The fraction of sp³-hybridized carbons (Fsp3) is 0.438. The lowest BCUT2D eigenvalue weighted by Crippen LogP contribution is -2.49. The summed E-state index contributed by atoms with van der Waals surface area (Å²) < 4.78 is 39.3. The van der Waals surface area contributed by atoms with Gasteiger partial charge in [-0.1, -0.05) is 18.7 Å². The van der Waals surface area contributed by atoms with Crippen LogP contribution in [-0.2, 0) is 15.8 Å². The van der Waals surface area contributed by atoms with Crippen LogP contribution in [0.3, 0.4) is 0 Å². The Morgan fingerprint density at radius 3 is 2.61 bits per heavy atom. The highest BCUT2D eigenvalue weighted by Crippen LogP contribution is 2.35. The Balaban J connectivity index is 2.14. The van der Waals surface area contributed by atoms with Crippen molar-refractivity contribution in [2.45, 2.75) is 43.9 Å². The Labute approximate surface area is 162 Å². The maximum atomic E-state index is 13.1. The van der Waals surface area contributed by atoms with Gasteiger partial charge in [-0.25, -0.2) is 9.78 Å². The molecule has 2 N–H and O–H groups in total. The molecule has 1 saturated heterocycles. The molecule has 0 radical (unpaired) electrons. The summed E-state index contributed by atoms with van der Waals surface area (Å²) in [6.45, 7) is 4.52. The van der Waals surface area contributed by atoms with Gasteiger partial charge in [0.15, 0.2) is 0 Å². The third-order valence-corrected chi connectivity index (χ3v) is 5.05. The molecular formula is C16H16F3N5O3S. The molecule has 0 aliphatic carbocycles. The van der Waals surface area contributed by atoms with E-state index in [2.05, 4.69) is 15.7 Å². The van der Waals surface area contributed by atoms with Crippen LogP contribution in [0, 0.1) is 18.3 Å². The quantitative estimate of drug-likeness (QED) is 0.562. The first-order valence-electron chi connectivity index (χ1n) is 8.01. The molecule has 2 rings (SSSR count). The second kappa shape index (κ2) is 7.67. The third-order valence-electron chi connectivity index (χ3n) is 4.08. The molecule has 1 aromatic heterocycles. The van der Waals surface area contributed by atoms with E-state index in [0.717, 1.165) is 6.07 Å². The number of amides is 4. The Morgan fingerprint density at radius 2 is 2.11 bits per heavy atom. The summed E-state index contributed by atoms with van der Waals surface area (Å²) in [6.07, 6.45) is -4.45. The van der Waals surface area contributed by atoms with Crippen LogP contribution in [0.1, 0.15) is 37.1 Å². The number of aryl methyl sites for hydroxylation is 1. The van der Waals surface area contributed by atoms with Gasteiger partial charge in [-0.15, -0.1) is 0 Å². The molecular weight excluding hydrogens is 399 g/mol. The van der Waals surface area contributed by atoms with E-state index in [9.17, 15) is 27.6 Å². The van der Waals surface area contributed by atoms with Gasteiger partial charge in [0.1, 0.15) is 16.6 Å². The highest BCUT2D eigenvalue weighted by molar-refractivity contribution is 8.00. The molecule has 1 atom stereocenters. The number of thioether (sulfide) groups is 1. The van der Waals surface area contributed by atoms with Gasteiger partial charge in [-0.2, -0.15) is 23.4 Å². The summed E-state index contributed by atoms with van der Waals surface area (Å²) in [5.41, 5.74) is -0.835. The highest BCUT2D eigenvalue weighted by atomic mass is 32.2. The van der Waals surface area contributed by atoms with E-state index in [4.69, 9.17) is 5.26 Å². The number of urea groups is 1. The van der Waals surface area contributed by atoms with Gasteiger partial charge >= 0.3 is 12.2 Å². The molecule has 0 bridgehead atoms. The van der Waals surface area contributed by atoms with Gasteiger partial charge in [0, 0.05) is 5.69 Å². The van der Waals surface area contributed by atoms with Crippen LogP contribution in [-0.4, -0.2) is 39.1 Å². The van der Waals surface area contributed by atoms with Crippen molar-refractivity contribution >= 4 is 29.6 Å². The number of carbonyl (C=O) groups is 3. The molecule has 0 unspecified atom stereocenters. The molecule has 1 fully saturated rings. The number of alkyl halides is 3. The van der Waals surface area contributed by atoms with E-state index >= 15 is 0 Å². The van der Waals surface area contributed by atoms with E-state index in [0.29, 0.717) is 23.2 Å². The highest BCUT2D eigenvalue weighted by Gasteiger charge is 2.47. The number of halogens is 3. The lowest BCUT2D eigenvalue weighted by molar-refractivity contribution is -0.138. The number of pyridine rings is 1. The number of imide groups is 1. The number of nitrogens with zero attached hydrogens (tertiary/aromatic N) is 3. The van der Waals surface area contributed by atoms with Crippen LogP contribution in [0.5, 0.6) is 0 Å². The second-order valence-electron chi connectivity index (χ2n) is 6.18. The summed E-state index contributed by atoms with van der Waals surface area (Å²) in [7, 11) is 0. The van der Waals surface area contributed by atoms with E-state index in [1.807, 2.05) is 0 Å². The van der Waals surface area contributed by atoms with Gasteiger partial charge < -0.3 is 5.32 Å². The molecule has 4 amide bonds. The van der Waals surface area contributed by atoms with Gasteiger partial charge in [0.05, 0.1) is 16.9 Å². The molecule has 0 spiro atoms. The van der Waals surface area contributed by atoms with Crippen molar-refractivity contribution in [2.75, 3.05) is 5.75 Å². The van der Waals surface area contributed by atoms with E-state index < -0.39 is 46.4 Å². The topological polar surface area (TPSA) is 115 Å². The first kappa shape index (κ1) is 21.5. The van der Waals surface area contributed by atoms with Crippen molar-refractivity contribution in [3.63, 3.8) is 0 Å². The average molecular weight is 415 g/mol. The van der Waals surface area contributed by atoms with Gasteiger partial charge in [-0.05, 0) is 26.3 Å². The molecule has 2 heterocycles. The molecule has 0 aromatic carbocycles. The smallest absolute Gasteiger partial charge is 0.322 e. The predicted octanol–water partition coefficient (Wildman–Crippen LogP) is 2.12. The predicted molar refractivity (Wildman–Crippen MR) is 91.6 cm³/mol. The summed E-state index contributed by atoms with van der Waals surface area (Å²) in [6, 6.07) is 1.41. The van der Waals surface area contributed by atoms with E-state index in [1.165, 1.54) is 19.9 Å². The lowest BCUT2D eigenvalue weighted by atomic mass is 10.00. The fourth-order valence-electron chi connectivity index (χ4n) is 2.40. The van der Waals surface area contributed by atoms with Crippen molar-refractivity contribution in [1.29, 1.82) is 5.26 Å². The van der Waals surface area contributed by atoms with Crippen molar-refractivity contribution in [3.05, 3.63) is 22.9 Å². The first-order chi connectivity index (χ1) is 12.9. The molecule has 1 aliphatic heterocycles. The average Bonchev–Trinajstić information content (AvgIpc) is 2.82. The maximum Gasteiger partial charge on any atom is 0.417 e. The number of hydrogen-bond acceptors (Lipinski definition) is 6. The van der Waals surface area contributed by atoms with Crippen LogP contribution in [0.4, 0.5) is 18.0 Å². The fourth-order valence-corrected chi connectivity index (χ4v) is 3.24. The third kappa shape index (κ3) is 4.19. The molecule has 150 valence electrons. The summed E-state index contributed by atoms with van der Waals surface area (Å²) in [5, 5.41) is 11.8. The summed E-state index contributed by atoms with van der Waals surface area (Å²) in [4.78, 5) is 40.1. The van der Waals surface area contributed by atoms with Crippen LogP contribution in [0.25, 0.3) is 0 Å². The largest absolute Gasteiger partial charge is 0.417 e. The number of carbonyl (C=O) groups excluding carboxylic acids is 3. The number of nitrogens with one attached hydrogen (secondary N) is 2. The minimum absolute atomic E-state index is 0.0297. The summed E-state index contributed by atoms with van der Waals surface area (Å²) in [5.74, 6) is -1.92. The lowest BCUT2D eigenvalue weighted by Gasteiger charge is -2.19. The standard InChI is InChI=1S/C16H16F3N5O3S/c1-4-15(3)13(26)24(14(27)22-15)23-11(25)7-28-12-9(6-20)10(16(17,18)19)5-8(2)21-12/h5H,4,7H2,1-3H3,(H,22,27)(H,23,25)/t15-/m1/s1. The van der Waals surface area contributed by atoms with Crippen molar-refractivity contribution in [3.8, 4) is 6.07 Å². The maximum absolute atomic E-state index is 13.1. The minimum atomic E-state index is -4.75. The van der Waals surface area contributed by atoms with Gasteiger partial charge in [-0.3, -0.25) is 15.0 Å².